The van der Waals surface area contributed by atoms with Gasteiger partial charge in [0.2, 0.25) is 0 Å². The minimum atomic E-state index is -1.19. The third-order valence-corrected chi connectivity index (χ3v) is 7.77. The zero-order valence-corrected chi connectivity index (χ0v) is 13.7. The van der Waals surface area contributed by atoms with E-state index in [1.165, 1.54) is 24.0 Å². The van der Waals surface area contributed by atoms with Gasteiger partial charge in [-0.05, 0) is 22.2 Å². The molecule has 0 saturated carbocycles. The molecule has 0 aliphatic carbocycles. The van der Waals surface area contributed by atoms with Crippen molar-refractivity contribution in [2.45, 2.75) is 30.5 Å². The lowest BCUT2D eigenvalue weighted by molar-refractivity contribution is -0.262. The number of hydrogen-bond donors (Lipinski definition) is 2. The zero-order valence-electron chi connectivity index (χ0n) is 10.3. The maximum absolute atomic E-state index is 5.98. The molecule has 0 aromatic rings. The van der Waals surface area contributed by atoms with Gasteiger partial charge in [-0.1, -0.05) is 0 Å². The lowest BCUT2D eigenvalue weighted by atomic mass is 10.1. The van der Waals surface area contributed by atoms with E-state index >= 15 is 0 Å². The Kier molecular flexibility index (Phi) is 6.84. The fourth-order valence-corrected chi connectivity index (χ4v) is 7.02. The van der Waals surface area contributed by atoms with Crippen molar-refractivity contribution >= 4 is 18.8 Å². The topological polar surface area (TPSA) is 79.7 Å². The minimum absolute atomic E-state index is 0.0624. The van der Waals surface area contributed by atoms with Gasteiger partial charge >= 0.3 is 0 Å². The van der Waals surface area contributed by atoms with Crippen LogP contribution < -0.4 is 11.5 Å². The van der Waals surface area contributed by atoms with E-state index in [1.807, 2.05) is 6.92 Å². The van der Waals surface area contributed by atoms with Crippen LogP contribution in [0.25, 0.3) is 0 Å². The van der Waals surface area contributed by atoms with E-state index in [4.69, 9.17) is 25.7 Å². The number of ether oxygens (including phenoxy) is 3. The molecule has 5 nitrogen and oxygen atoms in total. The highest BCUT2D eigenvalue weighted by Crippen LogP contribution is 2.25. The van der Waals surface area contributed by atoms with Gasteiger partial charge < -0.3 is 19.9 Å². The molecule has 3 atom stereocenters. The van der Waals surface area contributed by atoms with E-state index in [1.54, 1.807) is 7.11 Å². The van der Waals surface area contributed by atoms with E-state index in [2.05, 4.69) is 0 Å². The van der Waals surface area contributed by atoms with Crippen LogP contribution in [0.5, 0.6) is 0 Å². The molecule has 92 valence electrons. The van der Waals surface area contributed by atoms with Crippen LogP contribution in [-0.2, 0) is 14.2 Å². The predicted molar refractivity (Wildman–Crippen MR) is 67.6 cm³/mol. The monoisotopic (exact) mass is 252 g/mol. The fraction of sp³-hybridized carbons (Fsp3) is 1.00. The van der Waals surface area contributed by atoms with Crippen LogP contribution in [-0.4, -0.2) is 58.2 Å². The molecular formula is C8H24N2O3Si2. The summed E-state index contributed by atoms with van der Waals surface area (Å²) in [4.78, 5) is 0. The van der Waals surface area contributed by atoms with Gasteiger partial charge in [0.05, 0.1) is 0 Å². The molecule has 0 aliphatic heterocycles. The molecule has 0 aromatic heterocycles. The van der Waals surface area contributed by atoms with Crippen LogP contribution in [0.3, 0.4) is 0 Å². The summed E-state index contributed by atoms with van der Waals surface area (Å²) >= 11 is 0. The van der Waals surface area contributed by atoms with Gasteiger partial charge in [-0.15, -0.1) is 0 Å². The number of methoxy groups -OCH3 is 3. The molecule has 0 aromatic carbocycles. The number of rotatable bonds is 7. The second-order valence-electron chi connectivity index (χ2n) is 3.72. The van der Waals surface area contributed by atoms with Crippen molar-refractivity contribution in [3.05, 3.63) is 0 Å². The standard InChI is InChI=1S/C8H24N2O3Si2/c1-5(9)6(15-14)7(11-2)8(10,12-3)13-4/h5-7H,9-10,15H2,1-4,14H3. The summed E-state index contributed by atoms with van der Waals surface area (Å²) in [6.45, 7) is 1.98. The average molecular weight is 252 g/mol. The Hall–Kier alpha value is 0.234. The van der Waals surface area contributed by atoms with Gasteiger partial charge in [0.25, 0.3) is 5.91 Å². The third kappa shape index (κ3) is 3.63. The summed E-state index contributed by atoms with van der Waals surface area (Å²) < 4.78 is 15.8. The summed E-state index contributed by atoms with van der Waals surface area (Å²) in [5.41, 5.74) is 12.2. The first-order valence-corrected chi connectivity index (χ1v) is 11.6. The molecule has 0 saturated heterocycles. The van der Waals surface area contributed by atoms with Crippen LogP contribution in [0.1, 0.15) is 6.92 Å². The number of hydrogen-bond acceptors (Lipinski definition) is 5. The summed E-state index contributed by atoms with van der Waals surface area (Å²) in [5.74, 6) is -1.19. The Morgan fingerprint density at radius 3 is 1.93 bits per heavy atom. The Morgan fingerprint density at radius 1 is 1.27 bits per heavy atom. The van der Waals surface area contributed by atoms with E-state index in [0.717, 1.165) is 0 Å². The van der Waals surface area contributed by atoms with Gasteiger partial charge in [-0.3, -0.25) is 5.73 Å². The minimum Gasteiger partial charge on any atom is -0.374 e. The van der Waals surface area contributed by atoms with Gasteiger partial charge in [-0.2, -0.15) is 0 Å². The van der Waals surface area contributed by atoms with Crippen LogP contribution in [0.4, 0.5) is 0 Å². The maximum Gasteiger partial charge on any atom is 0.252 e. The van der Waals surface area contributed by atoms with Crippen LogP contribution >= 0.6 is 0 Å². The molecule has 0 aliphatic rings. The van der Waals surface area contributed by atoms with Gasteiger partial charge in [-0.25, -0.2) is 0 Å². The largest absolute Gasteiger partial charge is 0.374 e. The molecule has 0 rings (SSSR count). The lowest BCUT2D eigenvalue weighted by Crippen LogP contribution is -2.59. The van der Waals surface area contributed by atoms with E-state index in [9.17, 15) is 0 Å². The molecule has 0 radical (unpaired) electrons. The quantitative estimate of drug-likeness (QED) is 0.386. The van der Waals surface area contributed by atoms with Crippen LogP contribution in [0.2, 0.25) is 5.54 Å². The molecule has 3 unspecified atom stereocenters. The van der Waals surface area contributed by atoms with Crippen molar-refractivity contribution in [2.24, 2.45) is 11.5 Å². The van der Waals surface area contributed by atoms with Crippen molar-refractivity contribution < 1.29 is 14.2 Å². The number of nitrogens with two attached hydrogens (primary N) is 2. The van der Waals surface area contributed by atoms with Crippen molar-refractivity contribution in [3.63, 3.8) is 0 Å². The van der Waals surface area contributed by atoms with E-state index in [-0.39, 0.29) is 26.7 Å². The Bertz CT molecular complexity index is 179. The normalized spacial score (nSPS) is 19.6. The summed E-state index contributed by atoms with van der Waals surface area (Å²) in [7, 11) is 5.59. The van der Waals surface area contributed by atoms with E-state index in [0.29, 0.717) is 0 Å². The van der Waals surface area contributed by atoms with Crippen molar-refractivity contribution in [1.82, 2.24) is 0 Å². The molecule has 0 heterocycles. The SMILES string of the molecule is COC(C([SiH2][SiH3])C(C)N)C(N)(OC)OC. The first-order chi connectivity index (χ1) is 6.96. The van der Waals surface area contributed by atoms with Crippen LogP contribution in [0.15, 0.2) is 0 Å². The van der Waals surface area contributed by atoms with Crippen LogP contribution in [0, 0.1) is 0 Å². The first kappa shape index (κ1) is 15.2. The molecule has 7 heteroatoms. The molecule has 4 N–H and O–H groups in total. The van der Waals surface area contributed by atoms with Crippen molar-refractivity contribution in [2.75, 3.05) is 21.3 Å². The van der Waals surface area contributed by atoms with Crippen molar-refractivity contribution in [1.29, 1.82) is 0 Å². The first-order valence-electron chi connectivity index (χ1n) is 5.14. The summed E-state index contributed by atoms with van der Waals surface area (Å²) in [6.07, 6.45) is -0.295. The average Bonchev–Trinajstić information content (AvgIpc) is 2.24. The molecule has 0 fully saturated rings. The molecule has 0 spiro atoms. The second kappa shape index (κ2) is 6.74. The molecule has 0 bridgehead atoms. The summed E-state index contributed by atoms with van der Waals surface area (Å²) in [6, 6.07) is 0.0624. The maximum atomic E-state index is 5.98. The van der Waals surface area contributed by atoms with Gasteiger partial charge in [0.15, 0.2) is 0 Å². The fourth-order valence-electron chi connectivity index (χ4n) is 1.81. The molecular weight excluding hydrogens is 228 g/mol. The lowest BCUT2D eigenvalue weighted by Gasteiger charge is -2.39. The van der Waals surface area contributed by atoms with E-state index < -0.39 is 5.91 Å². The summed E-state index contributed by atoms with van der Waals surface area (Å²) in [5, 5.41) is 0. The zero-order chi connectivity index (χ0) is 12.1. The third-order valence-electron chi connectivity index (χ3n) is 2.82. The highest BCUT2D eigenvalue weighted by atomic mass is 29.1. The van der Waals surface area contributed by atoms with Crippen molar-refractivity contribution in [3.8, 4) is 0 Å². The van der Waals surface area contributed by atoms with Gasteiger partial charge in [0, 0.05) is 36.4 Å². The Morgan fingerprint density at radius 2 is 1.73 bits per heavy atom. The highest BCUT2D eigenvalue weighted by Gasteiger charge is 2.41. The highest BCUT2D eigenvalue weighted by molar-refractivity contribution is 6.90. The smallest absolute Gasteiger partial charge is 0.252 e. The molecule has 0 amide bonds. The van der Waals surface area contributed by atoms with Gasteiger partial charge in [0.1, 0.15) is 6.10 Å². The Balaban J connectivity index is 4.85. The molecule has 15 heavy (non-hydrogen) atoms. The predicted octanol–water partition coefficient (Wildman–Crippen LogP) is -2.51. The Labute approximate surface area is 96.8 Å². The second-order valence-corrected chi connectivity index (χ2v) is 7.93.